The molecule has 0 aromatic heterocycles. The summed E-state index contributed by atoms with van der Waals surface area (Å²) in [7, 11) is 1.34. The van der Waals surface area contributed by atoms with Crippen LogP contribution in [-0.4, -0.2) is 77.4 Å². The van der Waals surface area contributed by atoms with E-state index < -0.39 is 28.8 Å². The number of nitro benzene ring substituents is 1. The predicted molar refractivity (Wildman–Crippen MR) is 249 cm³/mol. The van der Waals surface area contributed by atoms with Crippen LogP contribution in [-0.2, 0) is 27.5 Å². The highest BCUT2D eigenvalue weighted by atomic mass is 16.7. The molecule has 2 N–H and O–H groups in total. The Labute approximate surface area is 390 Å². The molecule has 1 saturated carbocycles. The molecule has 15 heteroatoms. The lowest BCUT2D eigenvalue weighted by atomic mass is 9.55. The Hall–Kier alpha value is -6.42. The Morgan fingerprint density at radius 1 is 0.910 bits per heavy atom. The fourth-order valence-electron chi connectivity index (χ4n) is 10.2. The second-order valence-electron chi connectivity index (χ2n) is 17.6. The van der Waals surface area contributed by atoms with Crippen LogP contribution in [0.25, 0.3) is 0 Å². The van der Waals surface area contributed by atoms with E-state index in [1.807, 2.05) is 55.5 Å². The molecule has 4 aliphatic rings. The average molecular weight is 918 g/mol. The number of aliphatic hydroxyl groups excluding tert-OH is 2. The average Bonchev–Trinajstić information content (AvgIpc) is 3.81. The molecule has 6 atom stereocenters. The number of unbranched alkanes of at least 4 members (excludes halogenated alkanes) is 2. The molecule has 0 radical (unpaired) electrons. The third-order valence-electron chi connectivity index (χ3n) is 13.5. The molecule has 0 spiro atoms. The van der Waals surface area contributed by atoms with E-state index in [-0.39, 0.29) is 69.6 Å². The van der Waals surface area contributed by atoms with E-state index in [2.05, 4.69) is 25.6 Å². The van der Waals surface area contributed by atoms with Crippen molar-refractivity contribution in [1.82, 2.24) is 4.90 Å². The zero-order valence-electron chi connectivity index (χ0n) is 38.3. The number of oxime groups is 1. The van der Waals surface area contributed by atoms with Crippen LogP contribution in [0.3, 0.4) is 0 Å². The summed E-state index contributed by atoms with van der Waals surface area (Å²) in [5.41, 5.74) is 5.98. The van der Waals surface area contributed by atoms with Crippen LogP contribution < -0.4 is 18.9 Å². The van der Waals surface area contributed by atoms with Crippen molar-refractivity contribution in [2.24, 2.45) is 22.9 Å². The smallest absolute Gasteiger partial charge is 0.410 e. The maximum absolute atomic E-state index is 14.4. The zero-order chi connectivity index (χ0) is 47.1. The van der Waals surface area contributed by atoms with E-state index in [4.69, 9.17) is 38.4 Å². The standard InChI is InChI=1S/C52H59N3O12/c1-5-24-64-52-48(54(51(58)61-4)30-36-15-20-46-47(26-36)63-32-62-46)29-44(53-65-31-35-13-16-38(17-14-35)55(59)60)42-27-37(10-6-8-22-56)41(11-7-9-23-57)49(50(42)52)43-28-40(19-21-45(43)67-52)66-39-18-12-33(2)34(3)25-39/h5,12-21,25-28,37,41,48-50,56-57H,1,6-11,22-24,29-32H2,2-4H3/t37-,41+,48-,49+,50+,52+/m0/s1. The van der Waals surface area contributed by atoms with Gasteiger partial charge in [-0.25, -0.2) is 4.79 Å². The van der Waals surface area contributed by atoms with Crippen LogP contribution in [0, 0.1) is 41.7 Å². The minimum atomic E-state index is -1.54. The summed E-state index contributed by atoms with van der Waals surface area (Å²) in [4.78, 5) is 33.2. The van der Waals surface area contributed by atoms with Crippen molar-refractivity contribution in [3.63, 3.8) is 0 Å². The van der Waals surface area contributed by atoms with Crippen LogP contribution in [0.15, 0.2) is 108 Å². The molecular formula is C52H59N3O12. The number of non-ortho nitro benzene ring substituents is 1. The minimum Gasteiger partial charge on any atom is -0.459 e. The summed E-state index contributed by atoms with van der Waals surface area (Å²) in [6.07, 6.45) is 7.72. The highest BCUT2D eigenvalue weighted by molar-refractivity contribution is 6.03. The van der Waals surface area contributed by atoms with Gasteiger partial charge >= 0.3 is 6.09 Å². The molecular weight excluding hydrogens is 859 g/mol. The number of methoxy groups -OCH3 is 1. The number of allylic oxidation sites excluding steroid dienone is 1. The molecule has 8 rings (SSSR count). The summed E-state index contributed by atoms with van der Waals surface area (Å²) in [6.45, 7) is 8.51. The fourth-order valence-corrected chi connectivity index (χ4v) is 10.2. The monoisotopic (exact) mass is 917 g/mol. The van der Waals surface area contributed by atoms with Crippen LogP contribution in [0.5, 0.6) is 28.7 Å². The quantitative estimate of drug-likeness (QED) is 0.0371. The Kier molecular flexibility index (Phi) is 14.8. The van der Waals surface area contributed by atoms with E-state index in [0.717, 1.165) is 53.5 Å². The molecule has 0 bridgehead atoms. The molecule has 2 aliphatic heterocycles. The van der Waals surface area contributed by atoms with E-state index in [9.17, 15) is 25.1 Å². The van der Waals surface area contributed by atoms with Gasteiger partial charge in [-0.2, -0.15) is 0 Å². The van der Waals surface area contributed by atoms with Gasteiger partial charge in [0.15, 0.2) is 11.5 Å². The normalized spacial score (nSPS) is 22.7. The SMILES string of the molecule is C=CCO[C@@]12Oc3ccc(Oc4ccc(C)c(C)c4)cc3[C@H]3[C@H](CCCCO)[C@@H](CCCCO)C=C(C(=NOCc4ccc([N+](=O)[O-])cc4)C[C@@H]1N(Cc1ccc4c(c1)OCO4)C(=O)OC)[C@H]32. The van der Waals surface area contributed by atoms with Crippen molar-refractivity contribution in [2.45, 2.75) is 89.7 Å². The Morgan fingerprint density at radius 3 is 2.36 bits per heavy atom. The molecule has 1 amide bonds. The molecule has 0 unspecified atom stereocenters. The fraction of sp³-hybridized carbons (Fsp3) is 0.423. The first-order valence-electron chi connectivity index (χ1n) is 23.0. The maximum atomic E-state index is 14.4. The number of benzene rings is 4. The van der Waals surface area contributed by atoms with Crippen LogP contribution in [0.1, 0.15) is 78.7 Å². The van der Waals surface area contributed by atoms with Crippen molar-refractivity contribution in [3.8, 4) is 28.7 Å². The number of nitro groups is 1. The second-order valence-corrected chi connectivity index (χ2v) is 17.6. The number of nitrogens with zero attached hydrogens (tertiary/aromatic N) is 3. The second kappa shape index (κ2) is 21.0. The van der Waals surface area contributed by atoms with Crippen LogP contribution in [0.2, 0.25) is 0 Å². The number of carbonyl (C=O) groups is 1. The molecule has 4 aromatic rings. The zero-order valence-corrected chi connectivity index (χ0v) is 38.3. The number of hydrogen-bond donors (Lipinski definition) is 2. The van der Waals surface area contributed by atoms with E-state index >= 15 is 0 Å². The molecule has 4 aromatic carbocycles. The molecule has 67 heavy (non-hydrogen) atoms. The molecule has 0 saturated heterocycles. The van der Waals surface area contributed by atoms with Gasteiger partial charge in [0, 0.05) is 49.8 Å². The van der Waals surface area contributed by atoms with Gasteiger partial charge in [-0.3, -0.25) is 15.0 Å². The van der Waals surface area contributed by atoms with E-state index in [1.165, 1.54) is 19.2 Å². The number of carbonyl (C=O) groups excluding carboxylic acids is 1. The largest absolute Gasteiger partial charge is 0.459 e. The number of ether oxygens (including phenoxy) is 6. The summed E-state index contributed by atoms with van der Waals surface area (Å²) in [6, 6.07) is 22.6. The number of amides is 1. The van der Waals surface area contributed by atoms with Crippen LogP contribution >= 0.6 is 0 Å². The summed E-state index contributed by atoms with van der Waals surface area (Å²) < 4.78 is 38.0. The Balaban J connectivity index is 1.32. The van der Waals surface area contributed by atoms with Crippen molar-refractivity contribution in [2.75, 3.05) is 33.7 Å². The first-order chi connectivity index (χ1) is 32.6. The highest BCUT2D eigenvalue weighted by Crippen LogP contribution is 2.62. The van der Waals surface area contributed by atoms with Crippen molar-refractivity contribution in [3.05, 3.63) is 141 Å². The van der Waals surface area contributed by atoms with E-state index in [1.54, 1.807) is 23.1 Å². The van der Waals surface area contributed by atoms with Crippen molar-refractivity contribution >= 4 is 17.5 Å². The number of aliphatic hydroxyl groups is 2. The number of aryl methyl sites for hydroxylation is 2. The van der Waals surface area contributed by atoms with Gasteiger partial charge in [-0.15, -0.1) is 6.58 Å². The number of hydrogen-bond acceptors (Lipinski definition) is 13. The van der Waals surface area contributed by atoms with Gasteiger partial charge in [0.25, 0.3) is 5.69 Å². The van der Waals surface area contributed by atoms with Gasteiger partial charge in [0.05, 0.1) is 30.3 Å². The van der Waals surface area contributed by atoms with Gasteiger partial charge in [-0.05, 0) is 134 Å². The minimum absolute atomic E-state index is 0.00404. The summed E-state index contributed by atoms with van der Waals surface area (Å²) in [5, 5.41) is 36.3. The topological polar surface area (TPSA) is 181 Å². The summed E-state index contributed by atoms with van der Waals surface area (Å²) in [5.74, 6) is 0.601. The molecule has 354 valence electrons. The maximum Gasteiger partial charge on any atom is 0.410 e. The first-order valence-corrected chi connectivity index (χ1v) is 23.0. The first kappa shape index (κ1) is 47.1. The predicted octanol–water partition coefficient (Wildman–Crippen LogP) is 9.84. The Morgan fingerprint density at radius 2 is 1.63 bits per heavy atom. The number of rotatable bonds is 20. The third-order valence-corrected chi connectivity index (χ3v) is 13.5. The van der Waals surface area contributed by atoms with Crippen molar-refractivity contribution in [1.29, 1.82) is 0 Å². The van der Waals surface area contributed by atoms with E-state index in [0.29, 0.717) is 52.9 Å². The lowest BCUT2D eigenvalue weighted by Gasteiger charge is -2.59. The lowest BCUT2D eigenvalue weighted by Crippen LogP contribution is -2.70. The number of fused-ring (bicyclic) bond motifs is 3. The highest BCUT2D eigenvalue weighted by Gasteiger charge is 2.65. The molecule has 2 heterocycles. The third kappa shape index (κ3) is 10.00. The van der Waals surface area contributed by atoms with Crippen LogP contribution in [0.4, 0.5) is 10.5 Å². The summed E-state index contributed by atoms with van der Waals surface area (Å²) >= 11 is 0. The van der Waals surface area contributed by atoms with Gasteiger partial charge in [0.1, 0.15) is 29.9 Å². The molecule has 15 nitrogen and oxygen atoms in total. The van der Waals surface area contributed by atoms with Gasteiger partial charge in [-0.1, -0.05) is 42.3 Å². The van der Waals surface area contributed by atoms with Gasteiger partial charge in [0.2, 0.25) is 12.6 Å². The molecule has 2 aliphatic carbocycles. The van der Waals surface area contributed by atoms with Gasteiger partial charge < -0.3 is 43.5 Å². The van der Waals surface area contributed by atoms with Crippen molar-refractivity contribution < 1.29 is 53.2 Å². The lowest BCUT2D eigenvalue weighted by molar-refractivity contribution is -0.384. The molecule has 1 fully saturated rings. The Bertz CT molecular complexity index is 2490.